The third-order valence-corrected chi connectivity index (χ3v) is 9.29. The van der Waals surface area contributed by atoms with Crippen LogP contribution in [0.2, 0.25) is 0 Å². The molecule has 0 spiro atoms. The molecule has 1 atom stereocenters. The maximum atomic E-state index is 13.1. The molecule has 38 heavy (non-hydrogen) atoms. The van der Waals surface area contributed by atoms with Crippen LogP contribution >= 0.6 is 34.4 Å². The fraction of sp³-hybridized carbons (Fsp3) is 0.240. The van der Waals surface area contributed by atoms with Gasteiger partial charge in [0.15, 0.2) is 21.6 Å². The van der Waals surface area contributed by atoms with Gasteiger partial charge < -0.3 is 20.5 Å². The fourth-order valence-electron chi connectivity index (χ4n) is 4.69. The maximum absolute atomic E-state index is 13.1. The Labute approximate surface area is 229 Å². The summed E-state index contributed by atoms with van der Waals surface area (Å²) >= 11 is 4.00. The molecular formula is C25H20N6O4S3. The number of anilines is 2. The number of carbonyl (C=O) groups excluding carboxylic acids is 2. The van der Waals surface area contributed by atoms with E-state index in [0.29, 0.717) is 57.1 Å². The normalized spacial score (nSPS) is 18.4. The van der Waals surface area contributed by atoms with Gasteiger partial charge in [-0.15, -0.1) is 21.5 Å². The van der Waals surface area contributed by atoms with Gasteiger partial charge in [0.25, 0.3) is 0 Å². The first kappa shape index (κ1) is 24.5. The summed E-state index contributed by atoms with van der Waals surface area (Å²) in [6.45, 7) is 0.162. The first-order valence-corrected chi connectivity index (χ1v) is 14.4. The number of nitrogens with one attached hydrogen (secondary N) is 1. The van der Waals surface area contributed by atoms with Gasteiger partial charge in [-0.25, -0.2) is 0 Å². The molecule has 0 fully saturated rings. The minimum atomic E-state index is -0.472. The second kappa shape index (κ2) is 10.1. The van der Waals surface area contributed by atoms with E-state index in [1.54, 1.807) is 23.1 Å². The summed E-state index contributed by atoms with van der Waals surface area (Å²) in [4.78, 5) is 28.3. The molecule has 6 rings (SSSR count). The molecule has 1 aromatic carbocycles. The number of ether oxygens (including phenoxy) is 2. The van der Waals surface area contributed by atoms with Crippen LogP contribution in [0.15, 0.2) is 62.7 Å². The third-order valence-electron chi connectivity index (χ3n) is 6.31. The zero-order chi connectivity index (χ0) is 26.2. The molecule has 0 radical (unpaired) electrons. The van der Waals surface area contributed by atoms with Crippen LogP contribution in [0.4, 0.5) is 10.8 Å². The van der Waals surface area contributed by atoms with Crippen LogP contribution in [0.25, 0.3) is 0 Å². The molecule has 2 aliphatic heterocycles. The van der Waals surface area contributed by atoms with Crippen molar-refractivity contribution in [1.29, 1.82) is 5.26 Å². The Bertz CT molecular complexity index is 1540. The monoisotopic (exact) mass is 564 g/mol. The smallest absolute Gasteiger partial charge is 0.234 e. The SMILES string of the molecule is N#CC1=C(N)N(c2nnc(SCC(=O)Nc3ccc4c(c3)OCO4)s2)C2=C(C(=O)CCC2)C1c1cccs1. The van der Waals surface area contributed by atoms with Gasteiger partial charge in [0, 0.05) is 34.3 Å². The van der Waals surface area contributed by atoms with Gasteiger partial charge in [0.1, 0.15) is 5.82 Å². The van der Waals surface area contributed by atoms with Crippen LogP contribution in [0.5, 0.6) is 11.5 Å². The van der Waals surface area contributed by atoms with Crippen molar-refractivity contribution in [2.24, 2.45) is 5.73 Å². The van der Waals surface area contributed by atoms with Crippen molar-refractivity contribution in [3.05, 3.63) is 63.3 Å². The lowest BCUT2D eigenvalue weighted by atomic mass is 9.78. The predicted molar refractivity (Wildman–Crippen MR) is 144 cm³/mol. The standard InChI is InChI=1S/C25H20N6O4S3/c26-10-14-21(19-5-2-8-36-19)22-15(3-1-4-16(22)32)31(23(14)27)24-29-30-25(38-24)37-11-20(33)28-13-6-7-17-18(9-13)35-12-34-17/h2,5-9,21H,1,3-4,11-12,27H2,(H,28,33). The minimum Gasteiger partial charge on any atom is -0.454 e. The molecule has 2 aromatic heterocycles. The van der Waals surface area contributed by atoms with Gasteiger partial charge in [0.05, 0.1) is 23.3 Å². The summed E-state index contributed by atoms with van der Waals surface area (Å²) in [5.41, 5.74) is 8.87. The number of thiophene rings is 1. The summed E-state index contributed by atoms with van der Waals surface area (Å²) in [7, 11) is 0. The number of thioether (sulfide) groups is 1. The summed E-state index contributed by atoms with van der Waals surface area (Å²) in [6, 6.07) is 11.3. The highest BCUT2D eigenvalue weighted by Gasteiger charge is 2.41. The molecule has 1 unspecified atom stereocenters. The van der Waals surface area contributed by atoms with Crippen molar-refractivity contribution >= 4 is 56.9 Å². The number of nitrogens with two attached hydrogens (primary N) is 1. The predicted octanol–water partition coefficient (Wildman–Crippen LogP) is 4.36. The lowest BCUT2D eigenvalue weighted by Gasteiger charge is -2.37. The van der Waals surface area contributed by atoms with Crippen molar-refractivity contribution in [1.82, 2.24) is 10.2 Å². The third kappa shape index (κ3) is 4.40. The lowest BCUT2D eigenvalue weighted by Crippen LogP contribution is -2.38. The largest absolute Gasteiger partial charge is 0.454 e. The van der Waals surface area contributed by atoms with Crippen LogP contribution in [-0.2, 0) is 9.59 Å². The average Bonchev–Trinajstić information content (AvgIpc) is 3.69. The van der Waals surface area contributed by atoms with Gasteiger partial charge in [-0.3, -0.25) is 14.5 Å². The summed E-state index contributed by atoms with van der Waals surface area (Å²) in [5, 5.41) is 23.8. The highest BCUT2D eigenvalue weighted by molar-refractivity contribution is 8.01. The Morgan fingerprint density at radius 2 is 2.13 bits per heavy atom. The van der Waals surface area contributed by atoms with E-state index in [9.17, 15) is 14.9 Å². The second-order valence-corrected chi connectivity index (χ2v) is 11.7. The molecular weight excluding hydrogens is 545 g/mol. The van der Waals surface area contributed by atoms with Crippen LogP contribution in [-0.4, -0.2) is 34.4 Å². The van der Waals surface area contributed by atoms with Gasteiger partial charge in [0.2, 0.25) is 17.8 Å². The molecule has 13 heteroatoms. The molecule has 3 aliphatic rings. The summed E-state index contributed by atoms with van der Waals surface area (Å²) in [6.07, 6.45) is 1.77. The molecule has 0 saturated carbocycles. The second-order valence-electron chi connectivity index (χ2n) is 8.59. The number of Topliss-reactive ketones (excluding diaryl/α,β-unsaturated/α-hetero) is 1. The van der Waals surface area contributed by atoms with E-state index in [2.05, 4.69) is 21.6 Å². The Hall–Kier alpha value is -3.86. The van der Waals surface area contributed by atoms with E-state index >= 15 is 0 Å². The topological polar surface area (TPSA) is 143 Å². The number of ketones is 1. The molecule has 3 N–H and O–H groups in total. The number of rotatable bonds is 6. The van der Waals surface area contributed by atoms with E-state index in [0.717, 1.165) is 10.6 Å². The number of benzene rings is 1. The number of fused-ring (bicyclic) bond motifs is 1. The summed E-state index contributed by atoms with van der Waals surface area (Å²) in [5.74, 6) is 0.942. The molecule has 1 amide bonds. The minimum absolute atomic E-state index is 0.0224. The van der Waals surface area contributed by atoms with Gasteiger partial charge in [-0.05, 0) is 36.4 Å². The lowest BCUT2D eigenvalue weighted by molar-refractivity contribution is -0.116. The van der Waals surface area contributed by atoms with Gasteiger partial charge >= 0.3 is 0 Å². The van der Waals surface area contributed by atoms with Crippen molar-refractivity contribution < 1.29 is 19.1 Å². The number of nitrogens with zero attached hydrogens (tertiary/aromatic N) is 4. The summed E-state index contributed by atoms with van der Waals surface area (Å²) < 4.78 is 11.2. The van der Waals surface area contributed by atoms with E-state index in [1.807, 2.05) is 17.5 Å². The molecule has 10 nitrogen and oxygen atoms in total. The van der Waals surface area contributed by atoms with E-state index in [4.69, 9.17) is 15.2 Å². The molecule has 0 saturated heterocycles. The maximum Gasteiger partial charge on any atom is 0.234 e. The zero-order valence-electron chi connectivity index (χ0n) is 19.8. The average molecular weight is 565 g/mol. The Morgan fingerprint density at radius 1 is 1.26 bits per heavy atom. The zero-order valence-corrected chi connectivity index (χ0v) is 22.3. The van der Waals surface area contributed by atoms with Gasteiger partial charge in [-0.2, -0.15) is 5.26 Å². The highest BCUT2D eigenvalue weighted by Crippen LogP contribution is 2.48. The van der Waals surface area contributed by atoms with E-state index in [-0.39, 0.29) is 30.1 Å². The number of hydrogen-bond acceptors (Lipinski definition) is 12. The van der Waals surface area contributed by atoms with Crippen molar-refractivity contribution in [2.45, 2.75) is 29.5 Å². The number of hydrogen-bond donors (Lipinski definition) is 2. The van der Waals surface area contributed by atoms with E-state index < -0.39 is 5.92 Å². The van der Waals surface area contributed by atoms with Gasteiger partial charge in [-0.1, -0.05) is 29.2 Å². The number of nitriles is 1. The first-order chi connectivity index (χ1) is 18.5. The number of amides is 1. The first-order valence-electron chi connectivity index (χ1n) is 11.7. The number of allylic oxidation sites excluding steroid dienone is 3. The van der Waals surface area contributed by atoms with Crippen molar-refractivity contribution in [3.63, 3.8) is 0 Å². The molecule has 0 bridgehead atoms. The van der Waals surface area contributed by atoms with Crippen LogP contribution < -0.4 is 25.4 Å². The molecule has 1 aliphatic carbocycles. The molecule has 4 heterocycles. The van der Waals surface area contributed by atoms with E-state index in [1.165, 1.54) is 34.4 Å². The quantitative estimate of drug-likeness (QED) is 0.414. The number of aromatic nitrogens is 2. The highest BCUT2D eigenvalue weighted by atomic mass is 32.2. The van der Waals surface area contributed by atoms with Crippen molar-refractivity contribution in [2.75, 3.05) is 22.8 Å². The fourth-order valence-corrected chi connectivity index (χ4v) is 7.22. The Morgan fingerprint density at radius 3 is 2.95 bits per heavy atom. The van der Waals surface area contributed by atoms with Crippen LogP contribution in [0, 0.1) is 11.3 Å². The van der Waals surface area contributed by atoms with Crippen molar-refractivity contribution in [3.8, 4) is 17.6 Å². The Balaban J connectivity index is 1.22. The van der Waals surface area contributed by atoms with Crippen LogP contribution in [0.3, 0.4) is 0 Å². The molecule has 192 valence electrons. The number of carbonyl (C=O) groups is 2. The Kier molecular flexibility index (Phi) is 6.52. The van der Waals surface area contributed by atoms with Crippen LogP contribution in [0.1, 0.15) is 30.1 Å². The molecule has 3 aromatic rings.